The molecule has 0 aliphatic carbocycles. The van der Waals surface area contributed by atoms with E-state index in [9.17, 15) is 9.59 Å². The van der Waals surface area contributed by atoms with E-state index in [0.717, 1.165) is 15.6 Å². The van der Waals surface area contributed by atoms with E-state index in [2.05, 4.69) is 4.98 Å². The number of carbonyl (C=O) groups is 2. The van der Waals surface area contributed by atoms with Crippen molar-refractivity contribution >= 4 is 52.3 Å². The van der Waals surface area contributed by atoms with Crippen molar-refractivity contribution in [3.05, 3.63) is 75.2 Å². The number of esters is 1. The molecule has 9 heteroatoms. The van der Waals surface area contributed by atoms with Crippen molar-refractivity contribution in [2.24, 2.45) is 0 Å². The maximum atomic E-state index is 12.8. The van der Waals surface area contributed by atoms with Crippen molar-refractivity contribution in [1.82, 2.24) is 4.98 Å². The van der Waals surface area contributed by atoms with Crippen LogP contribution in [0.15, 0.2) is 58.8 Å². The van der Waals surface area contributed by atoms with Gasteiger partial charge in [0.25, 0.3) is 5.91 Å². The van der Waals surface area contributed by atoms with Crippen LogP contribution in [-0.4, -0.2) is 30.0 Å². The summed E-state index contributed by atoms with van der Waals surface area (Å²) < 4.78 is 5.33. The van der Waals surface area contributed by atoms with E-state index in [1.165, 1.54) is 16.7 Å². The molecule has 0 saturated heterocycles. The molecule has 0 N–H and O–H groups in total. The number of nitrogens with zero attached hydrogens (tertiary/aromatic N) is 3. The first kappa shape index (κ1) is 23.8. The minimum absolute atomic E-state index is 0.141. The lowest BCUT2D eigenvalue weighted by Gasteiger charge is -2.22. The van der Waals surface area contributed by atoms with Gasteiger partial charge in [0, 0.05) is 33.3 Å². The number of aromatic nitrogens is 1. The van der Waals surface area contributed by atoms with Crippen molar-refractivity contribution in [3.63, 3.8) is 0 Å². The maximum absolute atomic E-state index is 12.8. The summed E-state index contributed by atoms with van der Waals surface area (Å²) in [5, 5.41) is 12.4. The minimum Gasteiger partial charge on any atom is -0.452 e. The van der Waals surface area contributed by atoms with Gasteiger partial charge in [0.1, 0.15) is 0 Å². The number of thioether (sulfide) groups is 1. The minimum atomic E-state index is -0.581. The molecule has 2 aromatic carbocycles. The number of hydrogen-bond donors (Lipinski definition) is 0. The second kappa shape index (κ2) is 11.7. The Morgan fingerprint density at radius 3 is 2.78 bits per heavy atom. The molecular formula is C23H20ClN3O3S2. The predicted molar refractivity (Wildman–Crippen MR) is 127 cm³/mol. The number of ether oxygens (including phenoxy) is 1. The van der Waals surface area contributed by atoms with Crippen molar-refractivity contribution in [1.29, 1.82) is 5.26 Å². The van der Waals surface area contributed by atoms with Crippen molar-refractivity contribution in [2.75, 3.05) is 18.1 Å². The number of rotatable bonds is 9. The van der Waals surface area contributed by atoms with Gasteiger partial charge in [-0.1, -0.05) is 29.8 Å². The molecule has 1 aromatic heterocycles. The molecule has 0 aliphatic heterocycles. The topological polar surface area (TPSA) is 83.3 Å². The molecule has 32 heavy (non-hydrogen) atoms. The van der Waals surface area contributed by atoms with Gasteiger partial charge in [-0.2, -0.15) is 5.26 Å². The highest BCUT2D eigenvalue weighted by Crippen LogP contribution is 2.27. The van der Waals surface area contributed by atoms with Gasteiger partial charge >= 0.3 is 5.97 Å². The molecule has 0 aliphatic rings. The molecule has 0 unspecified atom stereocenters. The van der Waals surface area contributed by atoms with E-state index in [1.807, 2.05) is 30.5 Å². The quantitative estimate of drug-likeness (QED) is 0.294. The molecule has 1 amide bonds. The molecule has 3 aromatic rings. The highest BCUT2D eigenvalue weighted by molar-refractivity contribution is 7.98. The van der Waals surface area contributed by atoms with Crippen LogP contribution in [0.25, 0.3) is 0 Å². The molecule has 0 radical (unpaired) electrons. The summed E-state index contributed by atoms with van der Waals surface area (Å²) in [5.41, 5.74) is 1.89. The fourth-order valence-corrected chi connectivity index (χ4v) is 4.71. The van der Waals surface area contributed by atoms with E-state index in [-0.39, 0.29) is 13.0 Å². The third kappa shape index (κ3) is 6.57. The first-order valence-electron chi connectivity index (χ1n) is 9.70. The van der Waals surface area contributed by atoms with Crippen LogP contribution in [0.5, 0.6) is 0 Å². The van der Waals surface area contributed by atoms with Crippen LogP contribution in [0.4, 0.5) is 5.69 Å². The Hall–Kier alpha value is -2.86. The van der Waals surface area contributed by atoms with Crippen LogP contribution in [0.1, 0.15) is 27.5 Å². The Balaban J connectivity index is 1.66. The van der Waals surface area contributed by atoms with E-state index < -0.39 is 18.5 Å². The molecule has 164 valence electrons. The summed E-state index contributed by atoms with van der Waals surface area (Å²) in [4.78, 5) is 32.1. The number of hydrogen-bond acceptors (Lipinski definition) is 7. The number of aryl methyl sites for hydroxylation is 1. The zero-order valence-corrected chi connectivity index (χ0v) is 19.7. The van der Waals surface area contributed by atoms with Gasteiger partial charge in [-0.25, -0.2) is 9.78 Å². The Labute approximate surface area is 199 Å². The van der Waals surface area contributed by atoms with Crippen molar-refractivity contribution in [2.45, 2.75) is 24.0 Å². The lowest BCUT2D eigenvalue weighted by molar-refractivity contribution is -0.121. The van der Waals surface area contributed by atoms with Gasteiger partial charge in [0.15, 0.2) is 6.61 Å². The lowest BCUT2D eigenvalue weighted by Crippen LogP contribution is -2.35. The van der Waals surface area contributed by atoms with Crippen LogP contribution in [0, 0.1) is 18.3 Å². The Kier molecular flexibility index (Phi) is 8.68. The van der Waals surface area contributed by atoms with E-state index in [4.69, 9.17) is 21.6 Å². The summed E-state index contributed by atoms with van der Waals surface area (Å²) in [6.07, 6.45) is 0.141. The average Bonchev–Trinajstić information content (AvgIpc) is 3.21. The number of carbonyl (C=O) groups excluding carboxylic acids is 2. The smallest absolute Gasteiger partial charge is 0.339 e. The standard InChI is InChI=1S/C23H20ClN3O3S2/c1-16-26-18(14-31-16)15-32-21-9-3-2-8-20(21)23(29)30-13-22(28)27(11-5-10-25)19-7-4-6-17(24)12-19/h2-4,6-9,12,14H,5,11,13,15H2,1H3. The molecule has 6 nitrogen and oxygen atoms in total. The van der Waals surface area contributed by atoms with Crippen LogP contribution in [0.3, 0.4) is 0 Å². The van der Waals surface area contributed by atoms with Crippen molar-refractivity contribution < 1.29 is 14.3 Å². The Morgan fingerprint density at radius 1 is 1.25 bits per heavy atom. The summed E-state index contributed by atoms with van der Waals surface area (Å²) in [6, 6.07) is 15.9. The fraction of sp³-hybridized carbons (Fsp3) is 0.217. The molecule has 1 heterocycles. The summed E-state index contributed by atoms with van der Waals surface area (Å²) >= 11 is 9.10. The van der Waals surface area contributed by atoms with Gasteiger partial charge in [0.05, 0.1) is 28.8 Å². The second-order valence-electron chi connectivity index (χ2n) is 6.65. The number of nitriles is 1. The summed E-state index contributed by atoms with van der Waals surface area (Å²) in [6.45, 7) is 1.68. The zero-order chi connectivity index (χ0) is 22.9. The molecular weight excluding hydrogens is 466 g/mol. The normalized spacial score (nSPS) is 10.4. The zero-order valence-electron chi connectivity index (χ0n) is 17.3. The van der Waals surface area contributed by atoms with Gasteiger partial charge in [-0.3, -0.25) is 4.79 Å². The van der Waals surface area contributed by atoms with E-state index in [0.29, 0.717) is 22.0 Å². The number of amides is 1. The molecule has 0 saturated carbocycles. The lowest BCUT2D eigenvalue weighted by atomic mass is 10.2. The Bertz CT molecular complexity index is 1140. The van der Waals surface area contributed by atoms with Crippen molar-refractivity contribution in [3.8, 4) is 6.07 Å². The number of anilines is 1. The SMILES string of the molecule is Cc1nc(CSc2ccccc2C(=O)OCC(=O)N(CCC#N)c2cccc(Cl)c2)cs1. The summed E-state index contributed by atoms with van der Waals surface area (Å²) in [5.74, 6) is -0.384. The van der Waals surface area contributed by atoms with Gasteiger partial charge < -0.3 is 9.64 Å². The van der Waals surface area contributed by atoms with Crippen LogP contribution in [0.2, 0.25) is 5.02 Å². The Morgan fingerprint density at radius 2 is 2.06 bits per heavy atom. The van der Waals surface area contributed by atoms with E-state index in [1.54, 1.807) is 47.7 Å². The van der Waals surface area contributed by atoms with Gasteiger partial charge in [-0.05, 0) is 37.3 Å². The third-order valence-electron chi connectivity index (χ3n) is 4.34. The highest BCUT2D eigenvalue weighted by Gasteiger charge is 2.20. The van der Waals surface area contributed by atoms with Gasteiger partial charge in [-0.15, -0.1) is 23.1 Å². The van der Waals surface area contributed by atoms with Crippen LogP contribution < -0.4 is 4.90 Å². The second-order valence-corrected chi connectivity index (χ2v) is 9.17. The molecule has 0 fully saturated rings. The van der Waals surface area contributed by atoms with Crippen LogP contribution in [-0.2, 0) is 15.3 Å². The first-order valence-corrected chi connectivity index (χ1v) is 11.9. The molecule has 0 atom stereocenters. The van der Waals surface area contributed by atoms with E-state index >= 15 is 0 Å². The highest BCUT2D eigenvalue weighted by atomic mass is 35.5. The number of thiazole rings is 1. The van der Waals surface area contributed by atoms with Crippen LogP contribution >= 0.6 is 34.7 Å². The molecule has 0 spiro atoms. The first-order chi connectivity index (χ1) is 15.5. The predicted octanol–water partition coefficient (Wildman–Crippen LogP) is 5.50. The molecule has 0 bridgehead atoms. The number of halogens is 1. The third-order valence-corrected chi connectivity index (χ3v) is 6.51. The monoisotopic (exact) mass is 485 g/mol. The number of benzene rings is 2. The fourth-order valence-electron chi connectivity index (χ4n) is 2.87. The summed E-state index contributed by atoms with van der Waals surface area (Å²) in [7, 11) is 0. The average molecular weight is 486 g/mol. The largest absolute Gasteiger partial charge is 0.452 e. The van der Waals surface area contributed by atoms with Gasteiger partial charge in [0.2, 0.25) is 0 Å². The molecule has 3 rings (SSSR count). The maximum Gasteiger partial charge on any atom is 0.339 e.